The number of aromatic amines is 1. The Labute approximate surface area is 255 Å². The van der Waals surface area contributed by atoms with E-state index < -0.39 is 53.8 Å². The molecule has 13 heteroatoms. The van der Waals surface area contributed by atoms with Crippen LogP contribution in [0.2, 0.25) is 0 Å². The average molecular weight is 608 g/mol. The number of amides is 4. The largest absolute Gasteiger partial charge is 0.480 e. The van der Waals surface area contributed by atoms with Crippen LogP contribution in [0.5, 0.6) is 0 Å². The number of carbonyl (C=O) groups is 5. The number of para-hydroxylation sites is 1. The van der Waals surface area contributed by atoms with E-state index in [0.29, 0.717) is 36.9 Å². The molecule has 4 atom stereocenters. The highest BCUT2D eigenvalue weighted by atomic mass is 16.4. The van der Waals surface area contributed by atoms with E-state index in [1.54, 1.807) is 36.5 Å². The van der Waals surface area contributed by atoms with Crippen molar-refractivity contribution in [1.29, 1.82) is 0 Å². The summed E-state index contributed by atoms with van der Waals surface area (Å²) in [6.45, 7) is 0.452. The molecule has 0 aliphatic heterocycles. The van der Waals surface area contributed by atoms with Gasteiger partial charge >= 0.3 is 5.97 Å². The van der Waals surface area contributed by atoms with Crippen LogP contribution in [0.15, 0.2) is 60.8 Å². The third kappa shape index (κ3) is 10.2. The number of carboxylic acid groups (broad SMARTS) is 1. The SMILES string of the molecule is NCCCCC(N)C(=O)NC(CCC(N)=O)C(=O)NC(Cc1ccccc1)C(=O)NC(Cc1c[nH]c2ccccc12)C(=O)O. The van der Waals surface area contributed by atoms with Crippen molar-refractivity contribution in [3.05, 3.63) is 71.9 Å². The first kappa shape index (κ1) is 33.7. The summed E-state index contributed by atoms with van der Waals surface area (Å²) in [5, 5.41) is 18.6. The first-order valence-electron chi connectivity index (χ1n) is 14.6. The molecule has 4 unspecified atom stereocenters. The number of hydrogen-bond acceptors (Lipinski definition) is 7. The standard InChI is InChI=1S/C31H41N7O6/c32-15-7-6-11-22(33)28(40)36-24(13-14-27(34)39)29(41)37-25(16-19-8-2-1-3-9-19)30(42)38-26(31(43)44)17-20-18-35-23-12-5-4-10-21(20)23/h1-5,8-10,12,18,22,24-26,35H,6-7,11,13-17,32-33H2,(H2,34,39)(H,36,40)(H,37,41)(H,38,42)(H,43,44). The molecular weight excluding hydrogens is 566 g/mol. The molecule has 0 aliphatic carbocycles. The quantitative estimate of drug-likeness (QED) is 0.0929. The van der Waals surface area contributed by atoms with Crippen LogP contribution in [-0.4, -0.2) is 70.4 Å². The molecule has 0 aliphatic rings. The lowest BCUT2D eigenvalue weighted by Gasteiger charge is -2.25. The monoisotopic (exact) mass is 607 g/mol. The maximum atomic E-state index is 13.6. The van der Waals surface area contributed by atoms with Gasteiger partial charge in [0.15, 0.2) is 0 Å². The minimum Gasteiger partial charge on any atom is -0.480 e. The third-order valence-corrected chi connectivity index (χ3v) is 7.25. The molecule has 0 saturated carbocycles. The van der Waals surface area contributed by atoms with Crippen LogP contribution in [0.4, 0.5) is 0 Å². The predicted molar refractivity (Wildman–Crippen MR) is 165 cm³/mol. The number of hydrogen-bond donors (Lipinski definition) is 8. The van der Waals surface area contributed by atoms with Crippen molar-refractivity contribution in [1.82, 2.24) is 20.9 Å². The van der Waals surface area contributed by atoms with Crippen molar-refractivity contribution >= 4 is 40.5 Å². The highest BCUT2D eigenvalue weighted by molar-refractivity contribution is 5.94. The molecule has 236 valence electrons. The summed E-state index contributed by atoms with van der Waals surface area (Å²) in [6.07, 6.45) is 3.04. The number of benzene rings is 2. The predicted octanol–water partition coefficient (Wildman–Crippen LogP) is 0.214. The van der Waals surface area contributed by atoms with E-state index in [4.69, 9.17) is 17.2 Å². The number of fused-ring (bicyclic) bond motifs is 1. The van der Waals surface area contributed by atoms with Gasteiger partial charge in [0.25, 0.3) is 0 Å². The van der Waals surface area contributed by atoms with Gasteiger partial charge in [-0.15, -0.1) is 0 Å². The smallest absolute Gasteiger partial charge is 0.326 e. The van der Waals surface area contributed by atoms with E-state index in [2.05, 4.69) is 20.9 Å². The third-order valence-electron chi connectivity index (χ3n) is 7.25. The number of nitrogens with two attached hydrogens (primary N) is 3. The van der Waals surface area contributed by atoms with Gasteiger partial charge < -0.3 is 43.2 Å². The topological polar surface area (TPSA) is 236 Å². The minimum atomic E-state index is -1.30. The number of H-pyrrole nitrogens is 1. The maximum absolute atomic E-state index is 13.6. The van der Waals surface area contributed by atoms with Crippen molar-refractivity contribution in [3.63, 3.8) is 0 Å². The van der Waals surface area contributed by atoms with Crippen LogP contribution in [0.1, 0.15) is 43.2 Å². The Morgan fingerprint density at radius 2 is 1.41 bits per heavy atom. The molecule has 0 saturated heterocycles. The van der Waals surface area contributed by atoms with E-state index in [9.17, 15) is 29.1 Å². The Hall–Kier alpha value is -4.75. The molecule has 0 spiro atoms. The minimum absolute atomic E-state index is 0.00354. The molecule has 2 aromatic carbocycles. The lowest BCUT2D eigenvalue weighted by atomic mass is 10.0. The van der Waals surface area contributed by atoms with Crippen molar-refractivity contribution < 1.29 is 29.1 Å². The van der Waals surface area contributed by atoms with E-state index in [0.717, 1.165) is 10.9 Å². The molecule has 0 fully saturated rings. The number of primary amides is 1. The summed E-state index contributed by atoms with van der Waals surface area (Å²) in [5.41, 5.74) is 19.0. The van der Waals surface area contributed by atoms with Gasteiger partial charge in [0.05, 0.1) is 6.04 Å². The molecule has 0 bridgehead atoms. The summed E-state index contributed by atoms with van der Waals surface area (Å²) in [5.74, 6) is -3.99. The highest BCUT2D eigenvalue weighted by Gasteiger charge is 2.31. The first-order valence-corrected chi connectivity index (χ1v) is 14.6. The first-order chi connectivity index (χ1) is 21.1. The molecule has 0 radical (unpaired) electrons. The Balaban J connectivity index is 1.79. The molecular formula is C31H41N7O6. The van der Waals surface area contributed by atoms with Gasteiger partial charge in [-0.1, -0.05) is 55.0 Å². The molecule has 13 nitrogen and oxygen atoms in total. The molecule has 4 amide bonds. The number of nitrogens with one attached hydrogen (secondary N) is 4. The van der Waals surface area contributed by atoms with Gasteiger partial charge in [-0.25, -0.2) is 4.79 Å². The zero-order valence-corrected chi connectivity index (χ0v) is 24.5. The van der Waals surface area contributed by atoms with Crippen LogP contribution >= 0.6 is 0 Å². The normalized spacial score (nSPS) is 13.8. The number of aromatic nitrogens is 1. The second-order valence-electron chi connectivity index (χ2n) is 10.7. The molecule has 3 aromatic rings. The Morgan fingerprint density at radius 1 is 0.773 bits per heavy atom. The lowest BCUT2D eigenvalue weighted by molar-refractivity contribution is -0.142. The van der Waals surface area contributed by atoms with Crippen LogP contribution in [0, 0.1) is 0 Å². The van der Waals surface area contributed by atoms with Crippen molar-refractivity contribution in [2.24, 2.45) is 17.2 Å². The molecule has 1 aromatic heterocycles. The van der Waals surface area contributed by atoms with E-state index in [-0.39, 0.29) is 25.7 Å². The van der Waals surface area contributed by atoms with Gasteiger partial charge in [0.1, 0.15) is 18.1 Å². The molecule has 1 heterocycles. The Bertz CT molecular complexity index is 1430. The lowest BCUT2D eigenvalue weighted by Crippen LogP contribution is -2.58. The highest BCUT2D eigenvalue weighted by Crippen LogP contribution is 2.19. The van der Waals surface area contributed by atoms with E-state index >= 15 is 0 Å². The Kier molecular flexibility index (Phi) is 12.9. The summed E-state index contributed by atoms with van der Waals surface area (Å²) in [6, 6.07) is 11.6. The number of carboxylic acids is 1. The van der Waals surface area contributed by atoms with Crippen molar-refractivity contribution in [2.75, 3.05) is 6.54 Å². The van der Waals surface area contributed by atoms with Gasteiger partial charge in [-0.2, -0.15) is 0 Å². The van der Waals surface area contributed by atoms with Gasteiger partial charge in [0.2, 0.25) is 23.6 Å². The second kappa shape index (κ2) is 16.8. The van der Waals surface area contributed by atoms with Gasteiger partial charge in [0, 0.05) is 36.4 Å². The average Bonchev–Trinajstić information content (AvgIpc) is 3.41. The number of rotatable bonds is 18. The molecule has 11 N–H and O–H groups in total. The van der Waals surface area contributed by atoms with E-state index in [1.807, 2.05) is 24.3 Å². The fraction of sp³-hybridized carbons (Fsp3) is 0.387. The zero-order chi connectivity index (χ0) is 32.1. The van der Waals surface area contributed by atoms with Crippen LogP contribution < -0.4 is 33.2 Å². The molecule has 44 heavy (non-hydrogen) atoms. The fourth-order valence-corrected chi connectivity index (χ4v) is 4.80. The maximum Gasteiger partial charge on any atom is 0.326 e. The summed E-state index contributed by atoms with van der Waals surface area (Å²) in [7, 11) is 0. The summed E-state index contributed by atoms with van der Waals surface area (Å²) < 4.78 is 0. The zero-order valence-electron chi connectivity index (χ0n) is 24.5. The number of aliphatic carboxylic acids is 1. The second-order valence-corrected chi connectivity index (χ2v) is 10.7. The summed E-state index contributed by atoms with van der Waals surface area (Å²) >= 11 is 0. The van der Waals surface area contributed by atoms with Gasteiger partial charge in [-0.05, 0) is 43.0 Å². The molecule has 3 rings (SSSR count). The fourth-order valence-electron chi connectivity index (χ4n) is 4.80. The number of carbonyl (C=O) groups excluding carboxylic acids is 4. The van der Waals surface area contributed by atoms with Crippen LogP contribution in [0.25, 0.3) is 10.9 Å². The van der Waals surface area contributed by atoms with Crippen LogP contribution in [0.3, 0.4) is 0 Å². The van der Waals surface area contributed by atoms with Crippen LogP contribution in [-0.2, 0) is 36.8 Å². The van der Waals surface area contributed by atoms with E-state index in [1.165, 1.54) is 0 Å². The van der Waals surface area contributed by atoms with Gasteiger partial charge in [-0.3, -0.25) is 19.2 Å². The Morgan fingerprint density at radius 3 is 2.09 bits per heavy atom. The van der Waals surface area contributed by atoms with Crippen molar-refractivity contribution in [2.45, 2.75) is 69.1 Å². The summed E-state index contributed by atoms with van der Waals surface area (Å²) in [4.78, 5) is 66.6. The number of unbranched alkanes of at least 4 members (excludes halogenated alkanes) is 1. The van der Waals surface area contributed by atoms with Crippen molar-refractivity contribution in [3.8, 4) is 0 Å².